The van der Waals surface area contributed by atoms with Gasteiger partial charge < -0.3 is 10.1 Å². The predicted octanol–water partition coefficient (Wildman–Crippen LogP) is 3.21. The number of carbonyl (C=O) groups excluding carboxylic acids is 1. The number of nitrogens with zero attached hydrogens (tertiary/aromatic N) is 2. The first-order valence-electron chi connectivity index (χ1n) is 8.91. The molecule has 2 unspecified atom stereocenters. The average molecular weight is 345 g/mol. The Hall–Kier alpha value is -2.92. The molecule has 1 amide bonds. The van der Waals surface area contributed by atoms with Crippen LogP contribution in [0, 0.1) is 0 Å². The maximum absolute atomic E-state index is 12.8. The molecule has 0 saturated carbocycles. The zero-order chi connectivity index (χ0) is 17.5. The molecule has 5 nitrogen and oxygen atoms in total. The van der Waals surface area contributed by atoms with Gasteiger partial charge in [0.05, 0.1) is 22.9 Å². The molecule has 2 aromatic carbocycles. The number of hydrogen-bond acceptors (Lipinski definition) is 4. The summed E-state index contributed by atoms with van der Waals surface area (Å²) in [5.74, 6) is 0.777. The third kappa shape index (κ3) is 2.70. The number of hydrogen-bond donors (Lipinski definition) is 1. The first kappa shape index (κ1) is 15.3. The predicted molar refractivity (Wildman–Crippen MR) is 100 cm³/mol. The molecule has 3 heterocycles. The molecule has 1 aromatic heterocycles. The summed E-state index contributed by atoms with van der Waals surface area (Å²) in [4.78, 5) is 19.7. The molecule has 3 aromatic rings. The number of ether oxygens (including phenoxy) is 1. The Kier molecular flexibility index (Phi) is 3.60. The highest BCUT2D eigenvalue weighted by molar-refractivity contribution is 5.96. The SMILES string of the molecule is O=C1Nc2ccccc2OC2CC1N(Cc1ccc3ccccc3n1)C2. The summed E-state index contributed by atoms with van der Waals surface area (Å²) in [6.07, 6.45) is 0.723. The lowest BCUT2D eigenvalue weighted by Gasteiger charge is -2.23. The van der Waals surface area contributed by atoms with E-state index < -0.39 is 0 Å². The Morgan fingerprint density at radius 2 is 1.92 bits per heavy atom. The maximum atomic E-state index is 12.8. The second-order valence-corrected chi connectivity index (χ2v) is 6.90. The van der Waals surface area contributed by atoms with Crippen molar-refractivity contribution in [1.82, 2.24) is 9.88 Å². The molecular formula is C21H19N3O2. The Bertz CT molecular complexity index is 988. The van der Waals surface area contributed by atoms with E-state index in [-0.39, 0.29) is 18.1 Å². The fourth-order valence-corrected chi connectivity index (χ4v) is 3.87. The molecule has 2 bridgehead atoms. The first-order chi connectivity index (χ1) is 12.8. The van der Waals surface area contributed by atoms with Crippen LogP contribution >= 0.6 is 0 Å². The Balaban J connectivity index is 1.41. The second-order valence-electron chi connectivity index (χ2n) is 6.90. The summed E-state index contributed by atoms with van der Waals surface area (Å²) in [6.45, 7) is 1.36. The van der Waals surface area contributed by atoms with E-state index in [9.17, 15) is 4.79 Å². The van der Waals surface area contributed by atoms with Gasteiger partial charge in [0.1, 0.15) is 11.9 Å². The molecule has 1 N–H and O–H groups in total. The monoisotopic (exact) mass is 345 g/mol. The minimum absolute atomic E-state index is 0.0210. The normalized spacial score (nSPS) is 22.2. The molecule has 0 radical (unpaired) electrons. The number of para-hydroxylation sites is 3. The van der Waals surface area contributed by atoms with Gasteiger partial charge >= 0.3 is 0 Å². The molecular weight excluding hydrogens is 326 g/mol. The van der Waals surface area contributed by atoms with Gasteiger partial charge in [0, 0.05) is 24.9 Å². The van der Waals surface area contributed by atoms with E-state index in [1.807, 2.05) is 48.5 Å². The number of fused-ring (bicyclic) bond motifs is 4. The molecule has 5 rings (SSSR count). The van der Waals surface area contributed by atoms with Crippen LogP contribution in [0.5, 0.6) is 5.75 Å². The van der Waals surface area contributed by atoms with Crippen LogP contribution in [0.4, 0.5) is 5.69 Å². The van der Waals surface area contributed by atoms with Gasteiger partial charge in [-0.25, -0.2) is 0 Å². The van der Waals surface area contributed by atoms with Gasteiger partial charge in [-0.05, 0) is 24.3 Å². The van der Waals surface area contributed by atoms with Gasteiger partial charge in [-0.15, -0.1) is 0 Å². The van der Waals surface area contributed by atoms with E-state index in [4.69, 9.17) is 9.72 Å². The number of rotatable bonds is 2. The van der Waals surface area contributed by atoms with E-state index in [0.29, 0.717) is 13.0 Å². The van der Waals surface area contributed by atoms with Gasteiger partial charge in [0.15, 0.2) is 0 Å². The number of aromatic nitrogens is 1. The largest absolute Gasteiger partial charge is 0.487 e. The zero-order valence-electron chi connectivity index (χ0n) is 14.3. The second kappa shape index (κ2) is 6.11. The lowest BCUT2D eigenvalue weighted by atomic mass is 10.1. The molecule has 1 fully saturated rings. The van der Waals surface area contributed by atoms with Crippen molar-refractivity contribution in [2.75, 3.05) is 11.9 Å². The smallest absolute Gasteiger partial charge is 0.241 e. The van der Waals surface area contributed by atoms with Crippen LogP contribution in [0.1, 0.15) is 12.1 Å². The standard InChI is InChI=1S/C21H19N3O2/c25-21-19-11-16(26-20-8-4-3-7-18(20)23-21)13-24(19)12-15-10-9-14-5-1-2-6-17(14)22-15/h1-10,16,19H,11-13H2,(H,23,25). The number of amides is 1. The number of nitrogens with one attached hydrogen (secondary N) is 1. The summed E-state index contributed by atoms with van der Waals surface area (Å²) in [5.41, 5.74) is 2.70. The Morgan fingerprint density at radius 3 is 2.88 bits per heavy atom. The lowest BCUT2D eigenvalue weighted by molar-refractivity contribution is -0.120. The van der Waals surface area contributed by atoms with Crippen LogP contribution in [0.3, 0.4) is 0 Å². The maximum Gasteiger partial charge on any atom is 0.241 e. The minimum atomic E-state index is -0.193. The molecule has 5 heteroatoms. The van der Waals surface area contributed by atoms with Crippen molar-refractivity contribution in [3.63, 3.8) is 0 Å². The van der Waals surface area contributed by atoms with Crippen LogP contribution in [0.2, 0.25) is 0 Å². The quantitative estimate of drug-likeness (QED) is 0.775. The molecule has 0 spiro atoms. The molecule has 26 heavy (non-hydrogen) atoms. The number of carbonyl (C=O) groups is 1. The van der Waals surface area contributed by atoms with Crippen LogP contribution in [0.25, 0.3) is 10.9 Å². The van der Waals surface area contributed by atoms with E-state index in [1.165, 1.54) is 0 Å². The van der Waals surface area contributed by atoms with Gasteiger partial charge in [-0.2, -0.15) is 0 Å². The summed E-state index contributed by atoms with van der Waals surface area (Å²) < 4.78 is 6.14. The number of pyridine rings is 1. The number of likely N-dealkylation sites (tertiary alicyclic amines) is 1. The topological polar surface area (TPSA) is 54.5 Å². The summed E-state index contributed by atoms with van der Waals surface area (Å²) in [6, 6.07) is 19.6. The van der Waals surface area contributed by atoms with Crippen molar-refractivity contribution in [2.24, 2.45) is 0 Å². The van der Waals surface area contributed by atoms with Crippen molar-refractivity contribution in [1.29, 1.82) is 0 Å². The average Bonchev–Trinajstić information content (AvgIpc) is 3.06. The van der Waals surface area contributed by atoms with Crippen LogP contribution < -0.4 is 10.1 Å². The fraction of sp³-hybridized carbons (Fsp3) is 0.238. The van der Waals surface area contributed by atoms with Gasteiger partial charge in [-0.3, -0.25) is 14.7 Å². The molecule has 2 aliphatic heterocycles. The van der Waals surface area contributed by atoms with E-state index in [1.54, 1.807) is 0 Å². The minimum Gasteiger partial charge on any atom is -0.487 e. The molecule has 1 saturated heterocycles. The van der Waals surface area contributed by atoms with Crippen molar-refractivity contribution < 1.29 is 9.53 Å². The van der Waals surface area contributed by atoms with Crippen LogP contribution in [-0.4, -0.2) is 34.5 Å². The molecule has 2 aliphatic rings. The first-order valence-corrected chi connectivity index (χ1v) is 8.91. The van der Waals surface area contributed by atoms with Gasteiger partial charge in [-0.1, -0.05) is 36.4 Å². The molecule has 130 valence electrons. The van der Waals surface area contributed by atoms with Crippen molar-refractivity contribution in [2.45, 2.75) is 25.1 Å². The highest BCUT2D eigenvalue weighted by atomic mass is 16.5. The Labute approximate surface area is 151 Å². The molecule has 0 aliphatic carbocycles. The van der Waals surface area contributed by atoms with E-state index in [0.717, 1.165) is 34.6 Å². The number of benzene rings is 2. The van der Waals surface area contributed by atoms with E-state index in [2.05, 4.69) is 22.3 Å². The lowest BCUT2D eigenvalue weighted by Crippen LogP contribution is -2.39. The third-order valence-electron chi connectivity index (χ3n) is 5.13. The summed E-state index contributed by atoms with van der Waals surface area (Å²) >= 11 is 0. The zero-order valence-corrected chi connectivity index (χ0v) is 14.3. The van der Waals surface area contributed by atoms with Crippen LogP contribution in [0.15, 0.2) is 60.7 Å². The molecule has 2 atom stereocenters. The van der Waals surface area contributed by atoms with Gasteiger partial charge in [0.2, 0.25) is 5.91 Å². The van der Waals surface area contributed by atoms with Crippen LogP contribution in [-0.2, 0) is 11.3 Å². The van der Waals surface area contributed by atoms with E-state index >= 15 is 0 Å². The van der Waals surface area contributed by atoms with Crippen molar-refractivity contribution >= 4 is 22.5 Å². The van der Waals surface area contributed by atoms with Gasteiger partial charge in [0.25, 0.3) is 0 Å². The van der Waals surface area contributed by atoms with Crippen molar-refractivity contribution in [3.05, 3.63) is 66.4 Å². The summed E-state index contributed by atoms with van der Waals surface area (Å²) in [7, 11) is 0. The fourth-order valence-electron chi connectivity index (χ4n) is 3.87. The van der Waals surface area contributed by atoms with Crippen molar-refractivity contribution in [3.8, 4) is 5.75 Å². The summed E-state index contributed by atoms with van der Waals surface area (Å²) in [5, 5.41) is 4.14. The number of anilines is 1. The Morgan fingerprint density at radius 1 is 1.08 bits per heavy atom. The highest BCUT2D eigenvalue weighted by Crippen LogP contribution is 2.33. The third-order valence-corrected chi connectivity index (χ3v) is 5.13. The highest BCUT2D eigenvalue weighted by Gasteiger charge is 2.40.